The maximum atomic E-state index is 13.7. The molecule has 4 aromatic rings. The van der Waals surface area contributed by atoms with Gasteiger partial charge in [-0.1, -0.05) is 114 Å². The minimum absolute atomic E-state index is 0. The first-order valence-electron chi connectivity index (χ1n) is 13.0. The molecule has 1 heterocycles. The fourth-order valence-corrected chi connectivity index (χ4v) is 5.50. The van der Waals surface area contributed by atoms with Gasteiger partial charge >= 0.3 is 18.9 Å². The van der Waals surface area contributed by atoms with E-state index in [1.54, 1.807) is 0 Å². The van der Waals surface area contributed by atoms with Gasteiger partial charge in [0.2, 0.25) is 0 Å². The summed E-state index contributed by atoms with van der Waals surface area (Å²) < 4.78 is 38.7. The van der Waals surface area contributed by atoms with Crippen molar-refractivity contribution in [2.45, 2.75) is 43.0 Å². The second-order valence-corrected chi connectivity index (χ2v) is 10.6. The summed E-state index contributed by atoms with van der Waals surface area (Å²) in [5.41, 5.74) is 3.09. The molecule has 5 nitrogen and oxygen atoms in total. The molecule has 0 bridgehead atoms. The molecule has 5 rings (SSSR count). The van der Waals surface area contributed by atoms with Gasteiger partial charge < -0.3 is 18.9 Å². The fourth-order valence-electron chi connectivity index (χ4n) is 4.31. The van der Waals surface area contributed by atoms with E-state index in [0.29, 0.717) is 29.6 Å². The van der Waals surface area contributed by atoms with E-state index in [1.807, 2.05) is 121 Å². The van der Waals surface area contributed by atoms with Crippen LogP contribution in [0.3, 0.4) is 0 Å². The van der Waals surface area contributed by atoms with E-state index in [-0.39, 0.29) is 25.5 Å². The molecule has 1 aliphatic rings. The van der Waals surface area contributed by atoms with Gasteiger partial charge in [0.1, 0.15) is 12.2 Å². The Morgan fingerprint density at radius 1 is 0.650 bits per heavy atom. The molecular weight excluding hydrogens is 515 g/mol. The van der Waals surface area contributed by atoms with Crippen molar-refractivity contribution in [3.8, 4) is 0 Å². The third-order valence-corrected chi connectivity index (χ3v) is 7.76. The van der Waals surface area contributed by atoms with Crippen LogP contribution < -0.4 is 18.9 Å². The maximum Gasteiger partial charge on any atom is 1.00 e. The van der Waals surface area contributed by atoms with Crippen molar-refractivity contribution in [3.63, 3.8) is 0 Å². The Balaban J connectivity index is 0.00000370. The predicted molar refractivity (Wildman–Crippen MR) is 151 cm³/mol. The van der Waals surface area contributed by atoms with Crippen LogP contribution in [0.5, 0.6) is 0 Å². The number of benzene rings is 4. The molecule has 0 aliphatic carbocycles. The van der Waals surface area contributed by atoms with Crippen LogP contribution in [-0.2, 0) is 49.6 Å². The van der Waals surface area contributed by atoms with Gasteiger partial charge in [-0.2, -0.15) is 0 Å². The Morgan fingerprint density at radius 3 is 1.68 bits per heavy atom. The molecule has 0 aromatic heterocycles. The summed E-state index contributed by atoms with van der Waals surface area (Å²) in [6.07, 6.45) is 1.22. The molecule has 4 atom stereocenters. The van der Waals surface area contributed by atoms with E-state index in [2.05, 4.69) is 6.26 Å². The molecule has 0 N–H and O–H groups in total. The Bertz CT molecular complexity index is 1340. The van der Waals surface area contributed by atoms with Crippen LogP contribution in [0.1, 0.15) is 16.7 Å². The van der Waals surface area contributed by atoms with Crippen LogP contribution >= 0.6 is 0 Å². The van der Waals surface area contributed by atoms with Gasteiger partial charge in [-0.15, -0.1) is 0 Å². The van der Waals surface area contributed by atoms with Crippen molar-refractivity contribution in [2.75, 3.05) is 6.61 Å². The minimum atomic E-state index is -1.54. The zero-order chi connectivity index (χ0) is 26.7. The minimum Gasteiger partial charge on any atom is -0.687 e. The monoisotopic (exact) mass is 546 g/mol. The first kappa shape index (κ1) is 30.0. The van der Waals surface area contributed by atoms with Crippen molar-refractivity contribution in [3.05, 3.63) is 149 Å². The Morgan fingerprint density at radius 2 is 1.12 bits per heavy atom. The van der Waals surface area contributed by atoms with Gasteiger partial charge in [0.25, 0.3) is 0 Å². The quantitative estimate of drug-likeness (QED) is 0.202. The van der Waals surface area contributed by atoms with Crippen molar-refractivity contribution in [1.82, 2.24) is 0 Å². The average molecular weight is 547 g/mol. The molecule has 0 saturated carbocycles. The predicted octanol–water partition coefficient (Wildman–Crippen LogP) is 3.23. The van der Waals surface area contributed by atoms with Crippen LogP contribution in [0.15, 0.2) is 131 Å². The second kappa shape index (κ2) is 15.7. The Kier molecular flexibility index (Phi) is 11.8. The van der Waals surface area contributed by atoms with Crippen LogP contribution in [0, 0.1) is 6.26 Å². The van der Waals surface area contributed by atoms with Gasteiger partial charge in [0.05, 0.1) is 43.3 Å². The normalized spacial score (nSPS) is 19.1. The SMILES string of the molecule is O=S(C1=[C-]O[C@H](COCc2ccccc2)[C@@H](OCc2ccccc2)[C@@H]1OCc1ccccc1)c1ccccc1.[Li+]. The third kappa shape index (κ3) is 8.28. The molecule has 0 amide bonds. The second-order valence-electron chi connectivity index (χ2n) is 9.18. The van der Waals surface area contributed by atoms with E-state index >= 15 is 0 Å². The van der Waals surface area contributed by atoms with Gasteiger partial charge in [0, 0.05) is 4.90 Å². The van der Waals surface area contributed by atoms with E-state index in [4.69, 9.17) is 18.9 Å². The first-order valence-corrected chi connectivity index (χ1v) is 14.1. The van der Waals surface area contributed by atoms with Crippen molar-refractivity contribution in [2.24, 2.45) is 0 Å². The molecule has 0 spiro atoms. The third-order valence-electron chi connectivity index (χ3n) is 6.34. The van der Waals surface area contributed by atoms with Crippen LogP contribution in [-0.4, -0.2) is 29.1 Å². The first-order chi connectivity index (χ1) is 19.3. The molecule has 0 radical (unpaired) electrons. The van der Waals surface area contributed by atoms with Crippen molar-refractivity contribution < 1.29 is 42.0 Å². The zero-order valence-electron chi connectivity index (χ0n) is 22.6. The molecule has 0 saturated heterocycles. The van der Waals surface area contributed by atoms with E-state index in [1.165, 1.54) is 0 Å². The molecular formula is C33H31LiO5S. The Hall–Kier alpha value is -2.95. The van der Waals surface area contributed by atoms with Gasteiger partial charge in [-0.25, -0.2) is 0 Å². The number of hydrogen-bond acceptors (Lipinski definition) is 5. The molecule has 4 aromatic carbocycles. The summed E-state index contributed by atoms with van der Waals surface area (Å²) in [7, 11) is -1.54. The Labute approximate surface area is 250 Å². The zero-order valence-corrected chi connectivity index (χ0v) is 23.4. The fraction of sp³-hybridized carbons (Fsp3) is 0.212. The molecule has 200 valence electrons. The molecule has 1 aliphatic heterocycles. The number of rotatable bonds is 12. The summed E-state index contributed by atoms with van der Waals surface area (Å²) in [4.78, 5) is 1.06. The maximum absolute atomic E-state index is 13.7. The smallest absolute Gasteiger partial charge is 0.687 e. The molecule has 0 fully saturated rings. The van der Waals surface area contributed by atoms with Gasteiger partial charge in [0.15, 0.2) is 0 Å². The summed E-state index contributed by atoms with van der Waals surface area (Å²) in [6.45, 7) is 1.37. The van der Waals surface area contributed by atoms with Gasteiger partial charge in [-0.3, -0.25) is 10.5 Å². The van der Waals surface area contributed by atoms with E-state index in [9.17, 15) is 4.21 Å². The summed E-state index contributed by atoms with van der Waals surface area (Å²) in [5, 5.41) is 0. The van der Waals surface area contributed by atoms with Crippen LogP contribution in [0.25, 0.3) is 0 Å². The summed E-state index contributed by atoms with van der Waals surface area (Å²) >= 11 is 0. The van der Waals surface area contributed by atoms with Gasteiger partial charge in [-0.05, 0) is 28.8 Å². The summed E-state index contributed by atoms with van der Waals surface area (Å²) in [5.74, 6) is 0. The standard InChI is InChI=1S/C33H31O5S.Li/c34-39(29-19-11-4-12-20-29)31-25-36-30(24-35-21-26-13-5-1-6-14-26)32(37-22-27-15-7-2-8-16-27)33(31)38-23-28-17-9-3-10-18-28;/h1-20,30,32-33H,21-24H2;/q-1;+1/t30-,32-,33-,39?;/m1./s1. The van der Waals surface area contributed by atoms with E-state index in [0.717, 1.165) is 16.7 Å². The average Bonchev–Trinajstić information content (AvgIpc) is 3.01. The van der Waals surface area contributed by atoms with Crippen molar-refractivity contribution in [1.29, 1.82) is 0 Å². The molecule has 1 unspecified atom stereocenters. The van der Waals surface area contributed by atoms with Crippen molar-refractivity contribution >= 4 is 10.8 Å². The molecule has 40 heavy (non-hydrogen) atoms. The summed E-state index contributed by atoms with van der Waals surface area (Å²) in [6, 6.07) is 39.1. The topological polar surface area (TPSA) is 54.0 Å². The number of hydrogen-bond donors (Lipinski definition) is 0. The van der Waals surface area contributed by atoms with Crippen LogP contribution in [0.2, 0.25) is 0 Å². The van der Waals surface area contributed by atoms with Crippen LogP contribution in [0.4, 0.5) is 0 Å². The van der Waals surface area contributed by atoms with E-state index < -0.39 is 29.1 Å². The number of ether oxygens (including phenoxy) is 4. The molecule has 7 heteroatoms. The largest absolute Gasteiger partial charge is 1.00 e.